The zero-order valence-corrected chi connectivity index (χ0v) is 11.2. The molecule has 0 spiro atoms. The minimum atomic E-state index is -0.897. The number of carbonyl (C=O) groups is 2. The number of urea groups is 1. The molecule has 1 fully saturated rings. The number of carboxylic acids is 1. The summed E-state index contributed by atoms with van der Waals surface area (Å²) in [6, 6.07) is -0.223. The van der Waals surface area contributed by atoms with Crippen molar-refractivity contribution in [2.75, 3.05) is 13.2 Å². The molecule has 2 N–H and O–H groups in total. The van der Waals surface area contributed by atoms with Gasteiger partial charge in [-0.25, -0.2) is 4.79 Å². The van der Waals surface area contributed by atoms with Gasteiger partial charge in [-0.2, -0.15) is 0 Å². The molecule has 0 aromatic heterocycles. The van der Waals surface area contributed by atoms with Gasteiger partial charge in [0, 0.05) is 19.2 Å². The Bertz CT molecular complexity index is 306. The number of ether oxygens (including phenoxy) is 1. The maximum atomic E-state index is 12.1. The minimum Gasteiger partial charge on any atom is -0.481 e. The third-order valence-corrected chi connectivity index (χ3v) is 3.14. The van der Waals surface area contributed by atoms with Gasteiger partial charge in [0.15, 0.2) is 0 Å². The van der Waals surface area contributed by atoms with Crippen LogP contribution < -0.4 is 5.32 Å². The van der Waals surface area contributed by atoms with E-state index < -0.39 is 5.97 Å². The Morgan fingerprint density at radius 2 is 2.17 bits per heavy atom. The summed E-state index contributed by atoms with van der Waals surface area (Å²) in [7, 11) is 0. The molecule has 1 aliphatic rings. The van der Waals surface area contributed by atoms with Crippen molar-refractivity contribution in [3.05, 3.63) is 0 Å². The summed E-state index contributed by atoms with van der Waals surface area (Å²) in [5.41, 5.74) is 0. The number of nitrogens with zero attached hydrogens (tertiary/aromatic N) is 1. The van der Waals surface area contributed by atoms with Gasteiger partial charge in [-0.3, -0.25) is 4.79 Å². The summed E-state index contributed by atoms with van der Waals surface area (Å²) in [5.74, 6) is -0.897. The lowest BCUT2D eigenvalue weighted by Crippen LogP contribution is -2.50. The minimum absolute atomic E-state index is 0.0161. The molecule has 0 aromatic rings. The van der Waals surface area contributed by atoms with Crippen LogP contribution in [0.4, 0.5) is 4.79 Å². The molecule has 0 aromatic carbocycles. The number of carbonyl (C=O) groups excluding carboxylic acids is 1. The molecule has 18 heavy (non-hydrogen) atoms. The maximum Gasteiger partial charge on any atom is 0.317 e. The largest absolute Gasteiger partial charge is 0.481 e. The second kappa shape index (κ2) is 6.58. The first-order valence-corrected chi connectivity index (χ1v) is 6.32. The zero-order valence-electron chi connectivity index (χ0n) is 11.2. The van der Waals surface area contributed by atoms with E-state index in [1.807, 2.05) is 20.8 Å². The molecule has 0 saturated carbocycles. The van der Waals surface area contributed by atoms with E-state index in [4.69, 9.17) is 9.84 Å². The summed E-state index contributed by atoms with van der Waals surface area (Å²) >= 11 is 0. The molecule has 1 saturated heterocycles. The Morgan fingerprint density at radius 3 is 2.61 bits per heavy atom. The zero-order chi connectivity index (χ0) is 13.7. The third kappa shape index (κ3) is 4.18. The Morgan fingerprint density at radius 1 is 1.50 bits per heavy atom. The van der Waals surface area contributed by atoms with Crippen LogP contribution in [0.2, 0.25) is 0 Å². The number of nitrogens with one attached hydrogen (secondary N) is 1. The van der Waals surface area contributed by atoms with Crippen LogP contribution in [0.5, 0.6) is 0 Å². The Hall–Kier alpha value is -1.30. The third-order valence-electron chi connectivity index (χ3n) is 3.14. The van der Waals surface area contributed by atoms with E-state index in [0.29, 0.717) is 6.61 Å². The topological polar surface area (TPSA) is 78.9 Å². The van der Waals surface area contributed by atoms with Crippen LogP contribution in [0.25, 0.3) is 0 Å². The standard InChI is InChI=1S/C12H22N2O4/c1-8(2)14(6-4-11(15)16)12(17)13-10-5-7-18-9(10)3/h8-10H,4-7H2,1-3H3,(H,13,17)(H,15,16). The van der Waals surface area contributed by atoms with Crippen molar-refractivity contribution < 1.29 is 19.4 Å². The van der Waals surface area contributed by atoms with Crippen LogP contribution in [0, 0.1) is 0 Å². The Balaban J connectivity index is 2.51. The van der Waals surface area contributed by atoms with Gasteiger partial charge >= 0.3 is 12.0 Å². The van der Waals surface area contributed by atoms with Crippen molar-refractivity contribution in [2.45, 2.75) is 51.8 Å². The highest BCUT2D eigenvalue weighted by Gasteiger charge is 2.28. The fourth-order valence-corrected chi connectivity index (χ4v) is 1.97. The summed E-state index contributed by atoms with van der Waals surface area (Å²) in [4.78, 5) is 24.2. The second-order valence-corrected chi connectivity index (χ2v) is 4.85. The Kier molecular flexibility index (Phi) is 5.40. The van der Waals surface area contributed by atoms with Crippen molar-refractivity contribution in [3.8, 4) is 0 Å². The number of hydrogen-bond acceptors (Lipinski definition) is 3. The van der Waals surface area contributed by atoms with E-state index in [1.54, 1.807) is 4.90 Å². The molecule has 0 bridgehead atoms. The molecule has 6 heteroatoms. The van der Waals surface area contributed by atoms with E-state index in [0.717, 1.165) is 6.42 Å². The lowest BCUT2D eigenvalue weighted by Gasteiger charge is -2.28. The molecule has 2 atom stereocenters. The van der Waals surface area contributed by atoms with Crippen LogP contribution in [0.15, 0.2) is 0 Å². The number of carboxylic acid groups (broad SMARTS) is 1. The maximum absolute atomic E-state index is 12.1. The van der Waals surface area contributed by atoms with E-state index >= 15 is 0 Å². The van der Waals surface area contributed by atoms with Gasteiger partial charge < -0.3 is 20.1 Å². The normalized spacial score (nSPS) is 23.1. The molecular weight excluding hydrogens is 236 g/mol. The molecule has 0 radical (unpaired) electrons. The van der Waals surface area contributed by atoms with Gasteiger partial charge in [0.25, 0.3) is 0 Å². The van der Waals surface area contributed by atoms with Gasteiger partial charge in [-0.15, -0.1) is 0 Å². The summed E-state index contributed by atoms with van der Waals surface area (Å²) in [6.07, 6.45) is 0.780. The van der Waals surface area contributed by atoms with Crippen LogP contribution in [-0.2, 0) is 9.53 Å². The fraction of sp³-hybridized carbons (Fsp3) is 0.833. The predicted molar refractivity (Wildman–Crippen MR) is 66.4 cm³/mol. The molecule has 6 nitrogen and oxygen atoms in total. The van der Waals surface area contributed by atoms with Crippen LogP contribution in [0.1, 0.15) is 33.6 Å². The van der Waals surface area contributed by atoms with Crippen LogP contribution in [-0.4, -0.2) is 53.3 Å². The fourth-order valence-electron chi connectivity index (χ4n) is 1.97. The first-order valence-electron chi connectivity index (χ1n) is 6.32. The lowest BCUT2D eigenvalue weighted by atomic mass is 10.1. The van der Waals surface area contributed by atoms with E-state index in [2.05, 4.69) is 5.32 Å². The van der Waals surface area contributed by atoms with E-state index in [-0.39, 0.29) is 37.2 Å². The SMILES string of the molecule is CC1OCCC1NC(=O)N(CCC(=O)O)C(C)C. The number of hydrogen-bond donors (Lipinski definition) is 2. The average molecular weight is 258 g/mol. The number of rotatable bonds is 5. The highest BCUT2D eigenvalue weighted by molar-refractivity contribution is 5.76. The smallest absolute Gasteiger partial charge is 0.317 e. The summed E-state index contributed by atoms with van der Waals surface area (Å²) < 4.78 is 5.38. The average Bonchev–Trinajstić information content (AvgIpc) is 2.63. The molecule has 1 heterocycles. The lowest BCUT2D eigenvalue weighted by molar-refractivity contribution is -0.137. The first kappa shape index (κ1) is 14.8. The summed E-state index contributed by atoms with van der Waals surface area (Å²) in [5, 5.41) is 11.6. The van der Waals surface area contributed by atoms with Crippen LogP contribution >= 0.6 is 0 Å². The first-order chi connectivity index (χ1) is 8.41. The molecular formula is C12H22N2O4. The monoisotopic (exact) mass is 258 g/mol. The van der Waals surface area contributed by atoms with Crippen molar-refractivity contribution in [1.29, 1.82) is 0 Å². The highest BCUT2D eigenvalue weighted by atomic mass is 16.5. The highest BCUT2D eigenvalue weighted by Crippen LogP contribution is 2.13. The van der Waals surface area contributed by atoms with Crippen molar-refractivity contribution in [2.24, 2.45) is 0 Å². The Labute approximate surface area is 107 Å². The molecule has 1 rings (SSSR count). The van der Waals surface area contributed by atoms with Gasteiger partial charge in [-0.05, 0) is 27.2 Å². The molecule has 104 valence electrons. The quantitative estimate of drug-likeness (QED) is 0.772. The van der Waals surface area contributed by atoms with Gasteiger partial charge in [0.05, 0.1) is 18.6 Å². The van der Waals surface area contributed by atoms with E-state index in [9.17, 15) is 9.59 Å². The van der Waals surface area contributed by atoms with Crippen molar-refractivity contribution >= 4 is 12.0 Å². The molecule has 1 aliphatic heterocycles. The summed E-state index contributed by atoms with van der Waals surface area (Å²) in [6.45, 7) is 6.55. The molecule has 2 amide bonds. The molecule has 0 aliphatic carbocycles. The number of amides is 2. The predicted octanol–water partition coefficient (Wildman–Crippen LogP) is 1.06. The second-order valence-electron chi connectivity index (χ2n) is 4.85. The van der Waals surface area contributed by atoms with Crippen molar-refractivity contribution in [3.63, 3.8) is 0 Å². The molecule has 2 unspecified atom stereocenters. The van der Waals surface area contributed by atoms with Crippen molar-refractivity contribution in [1.82, 2.24) is 10.2 Å². The number of aliphatic carboxylic acids is 1. The van der Waals surface area contributed by atoms with Gasteiger partial charge in [-0.1, -0.05) is 0 Å². The van der Waals surface area contributed by atoms with Gasteiger partial charge in [0.1, 0.15) is 0 Å². The van der Waals surface area contributed by atoms with Gasteiger partial charge in [0.2, 0.25) is 0 Å². The van der Waals surface area contributed by atoms with E-state index in [1.165, 1.54) is 0 Å². The van der Waals surface area contributed by atoms with Crippen LogP contribution in [0.3, 0.4) is 0 Å².